The van der Waals surface area contributed by atoms with E-state index in [-0.39, 0.29) is 5.92 Å². The molecule has 0 aliphatic heterocycles. The topological polar surface area (TPSA) is 51.8 Å². The molecule has 2 aliphatic carbocycles. The molecule has 4 heteroatoms. The lowest BCUT2D eigenvalue weighted by Gasteiger charge is -2.21. The van der Waals surface area contributed by atoms with Gasteiger partial charge >= 0.3 is 0 Å². The highest BCUT2D eigenvalue weighted by Crippen LogP contribution is 2.57. The maximum Gasteiger partial charge on any atom is 0.164 e. The number of hydrogen-bond donors (Lipinski definition) is 0. The van der Waals surface area contributed by atoms with E-state index in [0.717, 1.165) is 67.6 Å². The molecule has 0 bridgehead atoms. The summed E-state index contributed by atoms with van der Waals surface area (Å²) in [5.41, 5.74) is 12.8. The van der Waals surface area contributed by atoms with E-state index in [0.29, 0.717) is 11.6 Å². The Bertz CT molecular complexity index is 2970. The van der Waals surface area contributed by atoms with Gasteiger partial charge in [0, 0.05) is 38.9 Å². The van der Waals surface area contributed by atoms with Gasteiger partial charge in [-0.15, -0.1) is 0 Å². The van der Waals surface area contributed by atoms with Crippen LogP contribution in [0.1, 0.15) is 18.2 Å². The van der Waals surface area contributed by atoms with Crippen LogP contribution >= 0.6 is 0 Å². The molecule has 1 atom stereocenters. The molecule has 4 nitrogen and oxygen atoms in total. The van der Waals surface area contributed by atoms with Gasteiger partial charge in [0.25, 0.3) is 0 Å². The molecule has 11 rings (SSSR count). The smallest absolute Gasteiger partial charge is 0.164 e. The number of hydrogen-bond acceptors (Lipinski definition) is 4. The number of para-hydroxylation sites is 2. The van der Waals surface area contributed by atoms with E-state index in [4.69, 9.17) is 19.4 Å². The number of furan rings is 1. The predicted molar refractivity (Wildman–Crippen MR) is 216 cm³/mol. The molecule has 0 spiro atoms. The standard InChI is InChI=1S/C49H31N3O/c1-4-15-31(16-5-1)43-40(49-51-47(32-17-6-2-7-18-32)50-48(52-49)33-19-8-3-9-20-33)29-39(36-25-14-24-35-34-23-10-11-28-41(34)53-46(35)36)44-37-26-12-21-30-22-13-27-38(42(30)37)45(43)44/h1-19,21-29,33H,20H2. The molecule has 7 aromatic carbocycles. The highest BCUT2D eigenvalue weighted by molar-refractivity contribution is 6.24. The van der Waals surface area contributed by atoms with Gasteiger partial charge in [0.15, 0.2) is 11.6 Å². The zero-order chi connectivity index (χ0) is 34.9. The van der Waals surface area contributed by atoms with Crippen molar-refractivity contribution < 1.29 is 4.42 Å². The van der Waals surface area contributed by atoms with Gasteiger partial charge in [-0.2, -0.15) is 0 Å². The summed E-state index contributed by atoms with van der Waals surface area (Å²) in [4.78, 5) is 15.8. The van der Waals surface area contributed by atoms with E-state index < -0.39 is 0 Å². The van der Waals surface area contributed by atoms with Gasteiger partial charge < -0.3 is 4.42 Å². The van der Waals surface area contributed by atoms with E-state index in [1.807, 2.05) is 24.3 Å². The van der Waals surface area contributed by atoms with E-state index in [1.54, 1.807) is 0 Å². The van der Waals surface area contributed by atoms with Crippen LogP contribution in [0.2, 0.25) is 0 Å². The van der Waals surface area contributed by atoms with Gasteiger partial charge in [0.2, 0.25) is 0 Å². The van der Waals surface area contributed by atoms with Crippen molar-refractivity contribution in [3.63, 3.8) is 0 Å². The van der Waals surface area contributed by atoms with Gasteiger partial charge in [-0.1, -0.05) is 158 Å². The molecule has 2 aliphatic rings. The maximum atomic E-state index is 6.73. The third-order valence-electron chi connectivity index (χ3n) is 10.8. The second-order valence-corrected chi connectivity index (χ2v) is 13.8. The Labute approximate surface area is 306 Å². The predicted octanol–water partition coefficient (Wildman–Crippen LogP) is 12.8. The van der Waals surface area contributed by atoms with Crippen LogP contribution in [-0.4, -0.2) is 15.0 Å². The Morgan fingerprint density at radius 2 is 1.17 bits per heavy atom. The first-order valence-electron chi connectivity index (χ1n) is 18.1. The molecule has 9 aromatic rings. The van der Waals surface area contributed by atoms with Crippen LogP contribution in [0.3, 0.4) is 0 Å². The van der Waals surface area contributed by atoms with Gasteiger partial charge in [-0.3, -0.25) is 0 Å². The SMILES string of the molecule is C1=CCC(c2nc(-c3ccccc3)nc(-c3cc(-c4cccc5c4oc4ccccc45)c4c(c3-c3ccccc3)-c3cccc5cccc-4c35)n2)C=C1. The fourth-order valence-electron chi connectivity index (χ4n) is 8.41. The zero-order valence-electron chi connectivity index (χ0n) is 28.7. The van der Waals surface area contributed by atoms with E-state index in [9.17, 15) is 0 Å². The molecule has 2 heterocycles. The van der Waals surface area contributed by atoms with Crippen molar-refractivity contribution in [3.05, 3.63) is 176 Å². The van der Waals surface area contributed by atoms with Crippen molar-refractivity contribution in [3.8, 4) is 67.3 Å². The Morgan fingerprint density at radius 1 is 0.491 bits per heavy atom. The quantitative estimate of drug-likeness (QED) is 0.182. The minimum Gasteiger partial charge on any atom is -0.455 e. The minimum absolute atomic E-state index is 0.0422. The summed E-state index contributed by atoms with van der Waals surface area (Å²) in [5.74, 6) is 2.12. The van der Waals surface area contributed by atoms with E-state index in [2.05, 4.69) is 146 Å². The van der Waals surface area contributed by atoms with Crippen LogP contribution in [0.25, 0.3) is 100.0 Å². The monoisotopic (exact) mass is 677 g/mol. The first-order chi connectivity index (χ1) is 26.3. The van der Waals surface area contributed by atoms with Crippen LogP contribution in [0.4, 0.5) is 0 Å². The number of nitrogens with zero attached hydrogens (tertiary/aromatic N) is 3. The second-order valence-electron chi connectivity index (χ2n) is 13.8. The van der Waals surface area contributed by atoms with Crippen molar-refractivity contribution in [1.29, 1.82) is 0 Å². The Morgan fingerprint density at radius 3 is 1.96 bits per heavy atom. The van der Waals surface area contributed by atoms with E-state index in [1.165, 1.54) is 33.0 Å². The van der Waals surface area contributed by atoms with Crippen LogP contribution < -0.4 is 0 Å². The number of benzene rings is 7. The summed E-state index contributed by atoms with van der Waals surface area (Å²) in [5, 5.41) is 4.69. The van der Waals surface area contributed by atoms with Gasteiger partial charge in [-0.25, -0.2) is 15.0 Å². The minimum atomic E-state index is 0.0422. The number of fused-ring (bicyclic) bond motifs is 6. The van der Waals surface area contributed by atoms with Crippen LogP contribution in [-0.2, 0) is 0 Å². The molecule has 53 heavy (non-hydrogen) atoms. The Hall–Kier alpha value is -6.91. The molecule has 0 fully saturated rings. The molecular weight excluding hydrogens is 647 g/mol. The lowest BCUT2D eigenvalue weighted by atomic mass is 9.83. The molecule has 0 amide bonds. The Kier molecular flexibility index (Phi) is 6.65. The van der Waals surface area contributed by atoms with Gasteiger partial charge in [0.05, 0.1) is 0 Å². The lowest BCUT2D eigenvalue weighted by Crippen LogP contribution is -2.08. The van der Waals surface area contributed by atoms with Crippen LogP contribution in [0.5, 0.6) is 0 Å². The van der Waals surface area contributed by atoms with Crippen LogP contribution in [0, 0.1) is 0 Å². The molecule has 0 saturated heterocycles. The van der Waals surface area contributed by atoms with Crippen molar-refractivity contribution in [1.82, 2.24) is 15.0 Å². The molecule has 0 radical (unpaired) electrons. The third kappa shape index (κ3) is 4.66. The normalized spacial score (nSPS) is 14.4. The third-order valence-corrected chi connectivity index (χ3v) is 10.8. The maximum absolute atomic E-state index is 6.73. The van der Waals surface area contributed by atoms with Crippen molar-refractivity contribution >= 4 is 32.7 Å². The summed E-state index contributed by atoms with van der Waals surface area (Å²) >= 11 is 0. The average molecular weight is 678 g/mol. The lowest BCUT2D eigenvalue weighted by molar-refractivity contribution is 0.670. The molecule has 1 unspecified atom stereocenters. The summed E-state index contributed by atoms with van der Waals surface area (Å²) in [6.45, 7) is 0. The summed E-state index contributed by atoms with van der Waals surface area (Å²) in [6.07, 6.45) is 9.40. The number of rotatable bonds is 5. The van der Waals surface area contributed by atoms with Gasteiger partial charge in [0.1, 0.15) is 17.0 Å². The molecule has 248 valence electrons. The van der Waals surface area contributed by atoms with Crippen molar-refractivity contribution in [2.45, 2.75) is 12.3 Å². The van der Waals surface area contributed by atoms with Gasteiger partial charge in [-0.05, 0) is 62.7 Å². The van der Waals surface area contributed by atoms with Crippen molar-refractivity contribution in [2.24, 2.45) is 0 Å². The molecule has 0 N–H and O–H groups in total. The fourth-order valence-corrected chi connectivity index (χ4v) is 8.41. The summed E-state index contributed by atoms with van der Waals surface area (Å²) in [7, 11) is 0. The van der Waals surface area contributed by atoms with E-state index >= 15 is 0 Å². The fraction of sp³-hybridized carbons (Fsp3) is 0.0408. The molecular formula is C49H31N3O. The summed E-state index contributed by atoms with van der Waals surface area (Å²) in [6, 6.07) is 51.4. The average Bonchev–Trinajstić information content (AvgIpc) is 3.79. The van der Waals surface area contributed by atoms with Crippen LogP contribution in [0.15, 0.2) is 174 Å². The first kappa shape index (κ1) is 29.8. The number of aromatic nitrogens is 3. The highest BCUT2D eigenvalue weighted by Gasteiger charge is 2.32. The first-order valence-corrected chi connectivity index (χ1v) is 18.1. The second kappa shape index (κ2) is 11.8. The zero-order valence-corrected chi connectivity index (χ0v) is 28.7. The highest BCUT2D eigenvalue weighted by atomic mass is 16.3. The molecule has 2 aromatic heterocycles. The molecule has 0 saturated carbocycles. The largest absolute Gasteiger partial charge is 0.455 e. The van der Waals surface area contributed by atoms with Crippen molar-refractivity contribution in [2.75, 3.05) is 0 Å². The Balaban J connectivity index is 1.30. The number of allylic oxidation sites excluding steroid dienone is 4. The summed E-state index contributed by atoms with van der Waals surface area (Å²) < 4.78 is 6.73.